The van der Waals surface area contributed by atoms with Gasteiger partial charge in [0.2, 0.25) is 0 Å². The van der Waals surface area contributed by atoms with Crippen molar-refractivity contribution >= 4 is 0 Å². The molecule has 0 aromatic heterocycles. The van der Waals surface area contributed by atoms with Gasteiger partial charge in [-0.1, -0.05) is 13.0 Å². The van der Waals surface area contributed by atoms with E-state index >= 15 is 0 Å². The zero-order valence-electron chi connectivity index (χ0n) is 8.46. The van der Waals surface area contributed by atoms with Gasteiger partial charge in [-0.25, -0.2) is 0 Å². The van der Waals surface area contributed by atoms with Crippen LogP contribution in [-0.4, -0.2) is 13.7 Å². The molecule has 0 heterocycles. The Labute approximate surface area is 79.5 Å². The first-order valence-corrected chi connectivity index (χ1v) is 4.62. The van der Waals surface area contributed by atoms with Crippen molar-refractivity contribution in [2.24, 2.45) is 0 Å². The summed E-state index contributed by atoms with van der Waals surface area (Å²) in [6, 6.07) is 5.88. The van der Waals surface area contributed by atoms with E-state index in [-0.39, 0.29) is 0 Å². The van der Waals surface area contributed by atoms with Crippen molar-refractivity contribution in [2.45, 2.75) is 20.3 Å². The largest absolute Gasteiger partial charge is 0.496 e. The minimum absolute atomic E-state index is 0.695. The molecular formula is C11H16O2. The molecular weight excluding hydrogens is 164 g/mol. The molecule has 0 saturated carbocycles. The maximum absolute atomic E-state index is 5.49. The van der Waals surface area contributed by atoms with Crippen LogP contribution in [0.4, 0.5) is 0 Å². The van der Waals surface area contributed by atoms with Crippen molar-refractivity contribution in [3.8, 4) is 11.5 Å². The summed E-state index contributed by atoms with van der Waals surface area (Å²) in [5, 5.41) is 0. The summed E-state index contributed by atoms with van der Waals surface area (Å²) in [7, 11) is 1.68. The lowest BCUT2D eigenvalue weighted by atomic mass is 10.1. The molecule has 0 fully saturated rings. The van der Waals surface area contributed by atoms with Crippen LogP contribution in [0.25, 0.3) is 0 Å². The summed E-state index contributed by atoms with van der Waals surface area (Å²) in [6.07, 6.45) is 0.930. The summed E-state index contributed by atoms with van der Waals surface area (Å²) >= 11 is 0. The standard InChI is InChI=1S/C11H16O2/c1-4-9-10(12-3)7-6-8-11(9)13-5-2/h6-8H,4-5H2,1-3H3. The predicted molar refractivity (Wildman–Crippen MR) is 53.5 cm³/mol. The average Bonchev–Trinajstić information content (AvgIpc) is 2.18. The highest BCUT2D eigenvalue weighted by Crippen LogP contribution is 2.28. The second kappa shape index (κ2) is 4.75. The molecule has 2 nitrogen and oxygen atoms in total. The molecule has 72 valence electrons. The Morgan fingerprint density at radius 2 is 1.85 bits per heavy atom. The van der Waals surface area contributed by atoms with Crippen LogP contribution < -0.4 is 9.47 Å². The second-order valence-electron chi connectivity index (χ2n) is 2.72. The van der Waals surface area contributed by atoms with Crippen molar-refractivity contribution in [3.05, 3.63) is 23.8 Å². The Hall–Kier alpha value is -1.18. The van der Waals surface area contributed by atoms with Gasteiger partial charge in [-0.2, -0.15) is 0 Å². The summed E-state index contributed by atoms with van der Waals surface area (Å²) in [4.78, 5) is 0. The third-order valence-corrected chi connectivity index (χ3v) is 1.96. The number of rotatable bonds is 4. The number of ether oxygens (including phenoxy) is 2. The molecule has 0 amide bonds. The molecule has 13 heavy (non-hydrogen) atoms. The summed E-state index contributed by atoms with van der Waals surface area (Å²) in [6.45, 7) is 4.78. The lowest BCUT2D eigenvalue weighted by Gasteiger charge is -2.12. The molecule has 0 unspecified atom stereocenters. The molecule has 0 atom stereocenters. The van der Waals surface area contributed by atoms with Gasteiger partial charge in [0.25, 0.3) is 0 Å². The Morgan fingerprint density at radius 1 is 1.15 bits per heavy atom. The Kier molecular flexibility index (Phi) is 3.62. The molecule has 2 heteroatoms. The second-order valence-corrected chi connectivity index (χ2v) is 2.72. The zero-order chi connectivity index (χ0) is 9.68. The van der Waals surface area contributed by atoms with Crippen LogP contribution in [0.15, 0.2) is 18.2 Å². The zero-order valence-corrected chi connectivity index (χ0v) is 8.46. The van der Waals surface area contributed by atoms with Gasteiger partial charge in [0.1, 0.15) is 11.5 Å². The molecule has 1 aromatic carbocycles. The molecule has 0 aliphatic rings. The van der Waals surface area contributed by atoms with E-state index in [0.717, 1.165) is 23.5 Å². The summed E-state index contributed by atoms with van der Waals surface area (Å²) in [5.74, 6) is 1.85. The van der Waals surface area contributed by atoms with Gasteiger partial charge in [0.15, 0.2) is 0 Å². The fraction of sp³-hybridized carbons (Fsp3) is 0.455. The first-order valence-electron chi connectivity index (χ1n) is 4.62. The van der Waals surface area contributed by atoms with E-state index in [1.165, 1.54) is 0 Å². The van der Waals surface area contributed by atoms with Gasteiger partial charge >= 0.3 is 0 Å². The number of hydrogen-bond acceptors (Lipinski definition) is 2. The van der Waals surface area contributed by atoms with E-state index < -0.39 is 0 Å². The van der Waals surface area contributed by atoms with Crippen LogP contribution >= 0.6 is 0 Å². The third-order valence-electron chi connectivity index (χ3n) is 1.96. The van der Waals surface area contributed by atoms with Gasteiger partial charge in [0.05, 0.1) is 13.7 Å². The monoisotopic (exact) mass is 180 g/mol. The van der Waals surface area contributed by atoms with E-state index in [0.29, 0.717) is 6.61 Å². The fourth-order valence-electron chi connectivity index (χ4n) is 1.38. The Morgan fingerprint density at radius 3 is 2.38 bits per heavy atom. The highest BCUT2D eigenvalue weighted by molar-refractivity contribution is 5.44. The quantitative estimate of drug-likeness (QED) is 0.709. The lowest BCUT2D eigenvalue weighted by Crippen LogP contribution is -1.98. The first-order chi connectivity index (χ1) is 6.33. The van der Waals surface area contributed by atoms with Gasteiger partial charge in [-0.05, 0) is 25.5 Å². The fourth-order valence-corrected chi connectivity index (χ4v) is 1.38. The third kappa shape index (κ3) is 2.14. The molecule has 0 aliphatic carbocycles. The molecule has 0 aliphatic heterocycles. The topological polar surface area (TPSA) is 18.5 Å². The SMILES string of the molecule is CCOc1cccc(OC)c1CC. The molecule has 0 bridgehead atoms. The summed E-state index contributed by atoms with van der Waals surface area (Å²) < 4.78 is 10.7. The molecule has 0 radical (unpaired) electrons. The van der Waals surface area contributed by atoms with Crippen molar-refractivity contribution in [2.75, 3.05) is 13.7 Å². The Balaban J connectivity index is 3.03. The average molecular weight is 180 g/mol. The molecule has 0 N–H and O–H groups in total. The lowest BCUT2D eigenvalue weighted by molar-refractivity contribution is 0.331. The van der Waals surface area contributed by atoms with Crippen molar-refractivity contribution in [1.29, 1.82) is 0 Å². The first kappa shape index (κ1) is 9.90. The van der Waals surface area contributed by atoms with Gasteiger partial charge < -0.3 is 9.47 Å². The smallest absolute Gasteiger partial charge is 0.126 e. The van der Waals surface area contributed by atoms with E-state index in [9.17, 15) is 0 Å². The van der Waals surface area contributed by atoms with Gasteiger partial charge in [-0.3, -0.25) is 0 Å². The van der Waals surface area contributed by atoms with Crippen LogP contribution in [0.5, 0.6) is 11.5 Å². The number of hydrogen-bond donors (Lipinski definition) is 0. The van der Waals surface area contributed by atoms with E-state index in [4.69, 9.17) is 9.47 Å². The van der Waals surface area contributed by atoms with Gasteiger partial charge in [-0.15, -0.1) is 0 Å². The number of benzene rings is 1. The normalized spacial score (nSPS) is 9.77. The minimum Gasteiger partial charge on any atom is -0.496 e. The van der Waals surface area contributed by atoms with E-state index in [1.807, 2.05) is 25.1 Å². The van der Waals surface area contributed by atoms with Crippen LogP contribution in [0.3, 0.4) is 0 Å². The van der Waals surface area contributed by atoms with Crippen LogP contribution in [0, 0.1) is 0 Å². The molecule has 1 aromatic rings. The van der Waals surface area contributed by atoms with Crippen molar-refractivity contribution in [3.63, 3.8) is 0 Å². The van der Waals surface area contributed by atoms with Crippen molar-refractivity contribution in [1.82, 2.24) is 0 Å². The van der Waals surface area contributed by atoms with Gasteiger partial charge in [0, 0.05) is 5.56 Å². The van der Waals surface area contributed by atoms with Crippen molar-refractivity contribution < 1.29 is 9.47 Å². The molecule has 0 saturated heterocycles. The van der Waals surface area contributed by atoms with Crippen LogP contribution in [0.1, 0.15) is 19.4 Å². The molecule has 1 rings (SSSR count). The minimum atomic E-state index is 0.695. The van der Waals surface area contributed by atoms with E-state index in [2.05, 4.69) is 6.92 Å². The highest BCUT2D eigenvalue weighted by Gasteiger charge is 2.06. The Bertz CT molecular complexity index is 269. The van der Waals surface area contributed by atoms with Crippen LogP contribution in [0.2, 0.25) is 0 Å². The van der Waals surface area contributed by atoms with E-state index in [1.54, 1.807) is 7.11 Å². The molecule has 0 spiro atoms. The van der Waals surface area contributed by atoms with Crippen LogP contribution in [-0.2, 0) is 6.42 Å². The summed E-state index contributed by atoms with van der Waals surface area (Å²) in [5.41, 5.74) is 1.15. The predicted octanol–water partition coefficient (Wildman–Crippen LogP) is 2.66. The highest BCUT2D eigenvalue weighted by atomic mass is 16.5. The number of methoxy groups -OCH3 is 1. The maximum atomic E-state index is 5.49. The maximum Gasteiger partial charge on any atom is 0.126 e.